The van der Waals surface area contributed by atoms with Crippen LogP contribution in [0, 0.1) is 0 Å². The monoisotopic (exact) mass is 162 g/mol. The summed E-state index contributed by atoms with van der Waals surface area (Å²) in [6.45, 7) is 0. The molecule has 0 aliphatic carbocycles. The van der Waals surface area contributed by atoms with Gasteiger partial charge in [-0.1, -0.05) is 0 Å². The Balaban J connectivity index is 2.47. The van der Waals surface area contributed by atoms with Crippen LogP contribution in [-0.2, 0) is 0 Å². The molecule has 2 rings (SSSR count). The fraction of sp³-hybridized carbons (Fsp3) is 0.286. The number of nitrogens with zero attached hydrogens (tertiary/aromatic N) is 1. The Kier molecular flexibility index (Phi) is 1.66. The fourth-order valence-corrected chi connectivity index (χ4v) is 2.16. The normalized spacial score (nSPS) is 28.5. The zero-order valence-corrected chi connectivity index (χ0v) is 6.71. The van der Waals surface area contributed by atoms with Crippen LogP contribution in [0.2, 0.25) is 0 Å². The molecule has 2 nitrogen and oxygen atoms in total. The maximum absolute atomic E-state index is 5.78. The summed E-state index contributed by atoms with van der Waals surface area (Å²) in [6, 6.07) is 3.80. The third kappa shape index (κ3) is 1.06. The maximum atomic E-state index is 5.78. The van der Waals surface area contributed by atoms with Gasteiger partial charge in [0.15, 0.2) is 0 Å². The first-order valence-electron chi connectivity index (χ1n) is 3.42. The Bertz CT molecular complexity index is 279. The summed E-state index contributed by atoms with van der Waals surface area (Å²) in [5.41, 5.74) is 6.72. The van der Waals surface area contributed by atoms with Crippen molar-refractivity contribution >= 4 is 19.6 Å². The number of fused-ring (bicyclic) bond motifs is 1. The van der Waals surface area contributed by atoms with Crippen LogP contribution in [-0.4, -0.2) is 18.0 Å². The van der Waals surface area contributed by atoms with E-state index in [2.05, 4.69) is 4.98 Å². The van der Waals surface area contributed by atoms with Gasteiger partial charge in [-0.05, 0) is 17.3 Å². The first kappa shape index (κ1) is 7.19. The minimum Gasteiger partial charge on any atom is -0.322 e. The van der Waals surface area contributed by atoms with Gasteiger partial charge >= 0.3 is 0 Å². The van der Waals surface area contributed by atoms with Crippen LogP contribution < -0.4 is 5.73 Å². The summed E-state index contributed by atoms with van der Waals surface area (Å²) in [7, 11) is 5.73. The molecule has 0 aromatic carbocycles. The van der Waals surface area contributed by atoms with Gasteiger partial charge in [0, 0.05) is 11.1 Å². The third-order valence-corrected chi connectivity index (χ3v) is 2.90. The molecule has 2 radical (unpaired) electrons. The lowest BCUT2D eigenvalue weighted by atomic mass is 9.95. The first-order valence-corrected chi connectivity index (χ1v) is 4.30. The lowest BCUT2D eigenvalue weighted by molar-refractivity contribution is 0.762. The molecule has 0 saturated carbocycles. The molecule has 0 amide bonds. The Labute approximate surface area is 71.0 Å². The summed E-state index contributed by atoms with van der Waals surface area (Å²) in [4.78, 5) is 5.28. The van der Waals surface area contributed by atoms with Crippen LogP contribution >= 0.6 is 11.8 Å². The van der Waals surface area contributed by atoms with Crippen LogP contribution in [0.3, 0.4) is 0 Å². The van der Waals surface area contributed by atoms with Crippen molar-refractivity contribution in [2.75, 3.05) is 0 Å². The molecular weight excluding hydrogens is 155 g/mol. The predicted molar refractivity (Wildman–Crippen MR) is 46.6 cm³/mol. The van der Waals surface area contributed by atoms with Crippen molar-refractivity contribution < 1.29 is 0 Å². The van der Waals surface area contributed by atoms with Gasteiger partial charge in [0.2, 0.25) is 0 Å². The van der Waals surface area contributed by atoms with Crippen molar-refractivity contribution in [3.05, 3.63) is 24.0 Å². The number of pyridine rings is 1. The van der Waals surface area contributed by atoms with E-state index in [4.69, 9.17) is 13.6 Å². The molecule has 54 valence electrons. The molecule has 2 unspecified atom stereocenters. The molecule has 0 fully saturated rings. The van der Waals surface area contributed by atoms with Crippen molar-refractivity contribution in [1.29, 1.82) is 0 Å². The zero-order chi connectivity index (χ0) is 7.84. The average molecular weight is 162 g/mol. The summed E-state index contributed by atoms with van der Waals surface area (Å²) < 4.78 is 0. The molecule has 0 bridgehead atoms. The molecule has 0 spiro atoms. The minimum atomic E-state index is -0.101. The molecule has 4 heteroatoms. The summed E-state index contributed by atoms with van der Waals surface area (Å²) in [5, 5.41) is -0.0279. The summed E-state index contributed by atoms with van der Waals surface area (Å²) >= 11 is 1.59. The summed E-state index contributed by atoms with van der Waals surface area (Å²) in [6.07, 6.45) is 1.75. The largest absolute Gasteiger partial charge is 0.322 e. The van der Waals surface area contributed by atoms with E-state index in [-0.39, 0.29) is 11.2 Å². The number of hydrogen-bond donors (Lipinski definition) is 1. The third-order valence-electron chi connectivity index (χ3n) is 1.73. The second-order valence-electron chi connectivity index (χ2n) is 2.50. The number of nitrogens with two attached hydrogens (primary N) is 1. The van der Waals surface area contributed by atoms with Gasteiger partial charge in [0.1, 0.15) is 0 Å². The van der Waals surface area contributed by atoms with Crippen molar-refractivity contribution in [2.45, 2.75) is 16.1 Å². The Morgan fingerprint density at radius 1 is 1.64 bits per heavy atom. The lowest BCUT2D eigenvalue weighted by Gasteiger charge is -2.06. The number of aromatic nitrogens is 1. The fourth-order valence-electron chi connectivity index (χ4n) is 1.13. The smallest absolute Gasteiger partial charge is 0.0878 e. The van der Waals surface area contributed by atoms with Crippen LogP contribution in [0.1, 0.15) is 11.7 Å². The van der Waals surface area contributed by atoms with Crippen molar-refractivity contribution in [3.8, 4) is 0 Å². The number of rotatable bonds is 0. The van der Waals surface area contributed by atoms with Crippen LogP contribution in [0.25, 0.3) is 0 Å². The van der Waals surface area contributed by atoms with Crippen LogP contribution in [0.5, 0.6) is 0 Å². The van der Waals surface area contributed by atoms with Crippen LogP contribution in [0.4, 0.5) is 0 Å². The Morgan fingerprint density at radius 3 is 3.18 bits per heavy atom. The zero-order valence-electron chi connectivity index (χ0n) is 5.90. The quantitative estimate of drug-likeness (QED) is 0.570. The van der Waals surface area contributed by atoms with Gasteiger partial charge in [-0.2, -0.15) is 0 Å². The van der Waals surface area contributed by atoms with E-state index in [0.29, 0.717) is 0 Å². The standard InChI is InChI=1S/C7H7BN2S/c8-7-5(9)6-4(11-7)2-1-3-10-6/h1-3,5,7H,9H2. The molecule has 0 saturated heterocycles. The molecule has 1 aliphatic rings. The number of thioether (sulfide) groups is 1. The highest BCUT2D eigenvalue weighted by Crippen LogP contribution is 2.39. The van der Waals surface area contributed by atoms with Gasteiger partial charge < -0.3 is 5.73 Å². The maximum Gasteiger partial charge on any atom is 0.0878 e. The second kappa shape index (κ2) is 2.53. The molecule has 2 heterocycles. The van der Waals surface area contributed by atoms with Crippen molar-refractivity contribution in [2.24, 2.45) is 5.73 Å². The molecule has 11 heavy (non-hydrogen) atoms. The highest BCUT2D eigenvalue weighted by atomic mass is 32.2. The predicted octanol–water partition coefficient (Wildman–Crippen LogP) is 0.682. The van der Waals surface area contributed by atoms with Gasteiger partial charge in [0.05, 0.1) is 19.6 Å². The van der Waals surface area contributed by atoms with Crippen LogP contribution in [0.15, 0.2) is 23.2 Å². The number of hydrogen-bond acceptors (Lipinski definition) is 3. The molecule has 1 aromatic heterocycles. The van der Waals surface area contributed by atoms with E-state index in [1.54, 1.807) is 18.0 Å². The summed E-state index contributed by atoms with van der Waals surface area (Å²) in [5.74, 6) is 0. The highest BCUT2D eigenvalue weighted by molar-refractivity contribution is 8.01. The van der Waals surface area contributed by atoms with Gasteiger partial charge in [-0.15, -0.1) is 11.8 Å². The minimum absolute atomic E-state index is 0.0279. The Hall–Kier alpha value is -0.475. The van der Waals surface area contributed by atoms with E-state index >= 15 is 0 Å². The van der Waals surface area contributed by atoms with Gasteiger partial charge in [0.25, 0.3) is 0 Å². The van der Waals surface area contributed by atoms with Gasteiger partial charge in [-0.25, -0.2) is 0 Å². The molecule has 2 N–H and O–H groups in total. The molecule has 1 aliphatic heterocycles. The molecular formula is C7H7BN2S. The second-order valence-corrected chi connectivity index (χ2v) is 3.71. The molecule has 1 aromatic rings. The molecule has 2 atom stereocenters. The average Bonchev–Trinajstić information content (AvgIpc) is 2.30. The van der Waals surface area contributed by atoms with E-state index < -0.39 is 0 Å². The van der Waals surface area contributed by atoms with E-state index in [0.717, 1.165) is 10.6 Å². The van der Waals surface area contributed by atoms with E-state index in [9.17, 15) is 0 Å². The topological polar surface area (TPSA) is 38.9 Å². The Morgan fingerprint density at radius 2 is 2.45 bits per heavy atom. The SMILES string of the molecule is [B]C1Sc2cccnc2C1N. The lowest BCUT2D eigenvalue weighted by Crippen LogP contribution is -2.19. The van der Waals surface area contributed by atoms with E-state index in [1.807, 2.05) is 12.1 Å². The van der Waals surface area contributed by atoms with Gasteiger partial charge in [-0.3, -0.25) is 4.98 Å². The highest BCUT2D eigenvalue weighted by Gasteiger charge is 2.27. The van der Waals surface area contributed by atoms with E-state index in [1.165, 1.54) is 0 Å². The first-order chi connectivity index (χ1) is 5.29. The van der Waals surface area contributed by atoms with Crippen molar-refractivity contribution in [1.82, 2.24) is 4.98 Å². The van der Waals surface area contributed by atoms with Crippen molar-refractivity contribution in [3.63, 3.8) is 0 Å².